The minimum Gasteiger partial charge on any atom is -0.361 e. The van der Waals surface area contributed by atoms with Crippen molar-refractivity contribution in [1.29, 1.82) is 0 Å². The summed E-state index contributed by atoms with van der Waals surface area (Å²) in [5.41, 5.74) is 5.11. The summed E-state index contributed by atoms with van der Waals surface area (Å²) in [6.45, 7) is 4.64. The number of nitrogens with zero attached hydrogens (tertiary/aromatic N) is 3. The van der Waals surface area contributed by atoms with Crippen LogP contribution >= 0.6 is 0 Å². The molecule has 2 aromatic heterocycles. The Morgan fingerprint density at radius 3 is 2.71 bits per heavy atom. The molecule has 0 radical (unpaired) electrons. The first-order chi connectivity index (χ1) is 13.6. The third-order valence-electron chi connectivity index (χ3n) is 5.47. The van der Waals surface area contributed by atoms with E-state index in [1.165, 1.54) is 0 Å². The van der Waals surface area contributed by atoms with Gasteiger partial charge in [-0.05, 0) is 43.2 Å². The number of para-hydroxylation sites is 1. The van der Waals surface area contributed by atoms with Gasteiger partial charge in [-0.2, -0.15) is 4.98 Å². The largest absolute Gasteiger partial charge is 0.361 e. The molecule has 0 bridgehead atoms. The fourth-order valence-corrected chi connectivity index (χ4v) is 4.11. The maximum absolute atomic E-state index is 12.7. The van der Waals surface area contributed by atoms with Gasteiger partial charge in [0.2, 0.25) is 5.91 Å². The summed E-state index contributed by atoms with van der Waals surface area (Å²) in [7, 11) is 0. The molecule has 140 valence electrons. The van der Waals surface area contributed by atoms with Crippen LogP contribution in [0.15, 0.2) is 53.2 Å². The van der Waals surface area contributed by atoms with Crippen LogP contribution in [-0.2, 0) is 4.79 Å². The topological polar surface area (TPSA) is 75.0 Å². The zero-order valence-corrected chi connectivity index (χ0v) is 15.8. The highest BCUT2D eigenvalue weighted by Gasteiger charge is 2.35. The number of carbonyl (C=O) groups is 1. The third-order valence-corrected chi connectivity index (χ3v) is 5.47. The van der Waals surface area contributed by atoms with Gasteiger partial charge in [0.15, 0.2) is 5.82 Å². The minimum atomic E-state index is -0.0746. The molecule has 1 N–H and O–H groups in total. The summed E-state index contributed by atoms with van der Waals surface area (Å²) >= 11 is 0. The molecule has 6 nitrogen and oxygen atoms in total. The van der Waals surface area contributed by atoms with Crippen LogP contribution in [0, 0.1) is 13.8 Å². The van der Waals surface area contributed by atoms with Crippen LogP contribution in [-0.4, -0.2) is 27.6 Å². The Hall–Kier alpha value is -3.41. The fraction of sp³-hybridized carbons (Fsp3) is 0.227. The summed E-state index contributed by atoms with van der Waals surface area (Å²) in [5, 5.41) is 5.24. The highest BCUT2D eigenvalue weighted by atomic mass is 16.5. The average Bonchev–Trinajstić information content (AvgIpc) is 3.40. The molecule has 2 aromatic carbocycles. The number of benzene rings is 2. The number of H-pyrrole nitrogens is 1. The van der Waals surface area contributed by atoms with E-state index in [0.29, 0.717) is 24.7 Å². The van der Waals surface area contributed by atoms with Crippen molar-refractivity contribution in [3.63, 3.8) is 0 Å². The van der Waals surface area contributed by atoms with Crippen LogP contribution in [0.4, 0.5) is 5.69 Å². The first kappa shape index (κ1) is 16.7. The van der Waals surface area contributed by atoms with Gasteiger partial charge in [-0.3, -0.25) is 4.79 Å². The number of hydrogen-bond acceptors (Lipinski definition) is 4. The van der Waals surface area contributed by atoms with Gasteiger partial charge in [0.1, 0.15) is 0 Å². The molecular weight excluding hydrogens is 352 g/mol. The van der Waals surface area contributed by atoms with Crippen LogP contribution in [0.2, 0.25) is 0 Å². The van der Waals surface area contributed by atoms with Crippen molar-refractivity contribution in [2.45, 2.75) is 26.2 Å². The summed E-state index contributed by atoms with van der Waals surface area (Å²) in [6.07, 6.45) is 2.28. The summed E-state index contributed by atoms with van der Waals surface area (Å²) in [6, 6.07) is 14.0. The predicted molar refractivity (Wildman–Crippen MR) is 107 cm³/mol. The van der Waals surface area contributed by atoms with Gasteiger partial charge in [0.05, 0.1) is 0 Å². The fourth-order valence-electron chi connectivity index (χ4n) is 4.11. The molecule has 1 aliphatic rings. The Bertz CT molecular complexity index is 1170. The zero-order valence-electron chi connectivity index (χ0n) is 15.8. The lowest BCUT2D eigenvalue weighted by Crippen LogP contribution is -2.26. The maximum Gasteiger partial charge on any atom is 0.258 e. The van der Waals surface area contributed by atoms with E-state index in [4.69, 9.17) is 4.52 Å². The number of amides is 1. The van der Waals surface area contributed by atoms with E-state index in [-0.39, 0.29) is 11.8 Å². The molecule has 0 saturated carbocycles. The van der Waals surface area contributed by atoms with E-state index in [1.54, 1.807) is 0 Å². The third kappa shape index (κ3) is 2.60. The second kappa shape index (κ2) is 6.34. The number of nitrogens with one attached hydrogen (secondary N) is 1. The Morgan fingerprint density at radius 1 is 1.11 bits per heavy atom. The van der Waals surface area contributed by atoms with Crippen LogP contribution in [0.5, 0.6) is 0 Å². The van der Waals surface area contributed by atoms with E-state index < -0.39 is 0 Å². The minimum absolute atomic E-state index is 0.0746. The molecule has 0 aliphatic carbocycles. The van der Waals surface area contributed by atoms with Gasteiger partial charge in [-0.1, -0.05) is 29.4 Å². The molecule has 1 unspecified atom stereocenters. The molecule has 5 rings (SSSR count). The second-order valence-electron chi connectivity index (χ2n) is 7.35. The number of fused-ring (bicyclic) bond motifs is 1. The number of aromatic amines is 1. The van der Waals surface area contributed by atoms with Crippen molar-refractivity contribution < 1.29 is 9.32 Å². The molecule has 4 aromatic rings. The molecule has 1 fully saturated rings. The average molecular weight is 372 g/mol. The van der Waals surface area contributed by atoms with Crippen molar-refractivity contribution in [2.24, 2.45) is 0 Å². The van der Waals surface area contributed by atoms with Crippen LogP contribution in [0.3, 0.4) is 0 Å². The SMILES string of the molecule is Cc1cccc(C)c1N1CC(c2noc(-c3cccc4[nH]ccc34)n2)CC1=O. The van der Waals surface area contributed by atoms with Crippen molar-refractivity contribution in [2.75, 3.05) is 11.4 Å². The Kier molecular flexibility index (Phi) is 3.79. The lowest BCUT2D eigenvalue weighted by molar-refractivity contribution is -0.117. The monoisotopic (exact) mass is 372 g/mol. The summed E-state index contributed by atoms with van der Waals surface area (Å²) < 4.78 is 5.56. The molecule has 28 heavy (non-hydrogen) atoms. The summed E-state index contributed by atoms with van der Waals surface area (Å²) in [4.78, 5) is 22.4. The van der Waals surface area contributed by atoms with Gasteiger partial charge < -0.3 is 14.4 Å². The lowest BCUT2D eigenvalue weighted by Gasteiger charge is -2.21. The van der Waals surface area contributed by atoms with Gasteiger partial charge >= 0.3 is 0 Å². The smallest absolute Gasteiger partial charge is 0.258 e. The standard InChI is InChI=1S/C22H20N4O2/c1-13-5-3-6-14(2)20(13)26-12-15(11-19(26)27)21-24-22(28-25-21)17-7-4-8-18-16(17)9-10-23-18/h3-10,15,23H,11-12H2,1-2H3. The normalized spacial score (nSPS) is 17.0. The van der Waals surface area contributed by atoms with Crippen LogP contribution in [0.25, 0.3) is 22.4 Å². The Labute approximate surface area is 162 Å². The van der Waals surface area contributed by atoms with Gasteiger partial charge in [0, 0.05) is 47.2 Å². The molecule has 1 amide bonds. The highest BCUT2D eigenvalue weighted by molar-refractivity contribution is 5.98. The molecule has 3 heterocycles. The number of aryl methyl sites for hydroxylation is 2. The highest BCUT2D eigenvalue weighted by Crippen LogP contribution is 2.35. The van der Waals surface area contributed by atoms with E-state index in [0.717, 1.165) is 33.3 Å². The number of hydrogen-bond donors (Lipinski definition) is 1. The number of rotatable bonds is 3. The molecule has 1 atom stereocenters. The first-order valence-corrected chi connectivity index (χ1v) is 9.38. The van der Waals surface area contributed by atoms with Crippen molar-refractivity contribution in [1.82, 2.24) is 15.1 Å². The molecule has 0 spiro atoms. The second-order valence-corrected chi connectivity index (χ2v) is 7.35. The lowest BCUT2D eigenvalue weighted by atomic mass is 10.1. The van der Waals surface area contributed by atoms with Crippen LogP contribution < -0.4 is 4.90 Å². The Morgan fingerprint density at radius 2 is 1.89 bits per heavy atom. The molecule has 1 aliphatic heterocycles. The molecule has 1 saturated heterocycles. The quantitative estimate of drug-likeness (QED) is 0.580. The molecule has 6 heteroatoms. The van der Waals surface area contributed by atoms with E-state index in [2.05, 4.69) is 15.1 Å². The number of aromatic nitrogens is 3. The summed E-state index contributed by atoms with van der Waals surface area (Å²) in [5.74, 6) is 1.10. The molecular formula is C22H20N4O2. The predicted octanol–water partition coefficient (Wildman–Crippen LogP) is 4.36. The van der Waals surface area contributed by atoms with Crippen LogP contribution in [0.1, 0.15) is 29.3 Å². The van der Waals surface area contributed by atoms with Gasteiger partial charge in [-0.15, -0.1) is 0 Å². The van der Waals surface area contributed by atoms with E-state index in [9.17, 15) is 4.79 Å². The van der Waals surface area contributed by atoms with Crippen molar-refractivity contribution in [3.8, 4) is 11.5 Å². The number of anilines is 1. The van der Waals surface area contributed by atoms with E-state index in [1.807, 2.05) is 67.4 Å². The van der Waals surface area contributed by atoms with Gasteiger partial charge in [0.25, 0.3) is 5.89 Å². The zero-order chi connectivity index (χ0) is 19.3. The van der Waals surface area contributed by atoms with Gasteiger partial charge in [-0.25, -0.2) is 0 Å². The Balaban J connectivity index is 1.46. The van der Waals surface area contributed by atoms with Crippen molar-refractivity contribution in [3.05, 3.63) is 65.6 Å². The van der Waals surface area contributed by atoms with Crippen molar-refractivity contribution >= 4 is 22.5 Å². The maximum atomic E-state index is 12.7. The first-order valence-electron chi connectivity index (χ1n) is 9.38. The van der Waals surface area contributed by atoms with E-state index >= 15 is 0 Å². The number of carbonyl (C=O) groups excluding carboxylic acids is 1.